The molecule has 3 N–H and O–H groups in total. The van der Waals surface area contributed by atoms with Crippen molar-refractivity contribution >= 4 is 53.3 Å². The Morgan fingerprint density at radius 2 is 2.24 bits per heavy atom. The number of nitrogens with one attached hydrogen (secondary N) is 1. The number of likely N-dealkylation sites (tertiary alicyclic amines) is 1. The van der Waals surface area contributed by atoms with Gasteiger partial charge in [-0.05, 0) is 37.0 Å². The Labute approximate surface area is 163 Å². The normalized spacial score (nSPS) is 25.6. The number of benzene rings is 1. The summed E-state index contributed by atoms with van der Waals surface area (Å²) in [5.74, 6) is 0.465. The zero-order valence-electron chi connectivity index (χ0n) is 14.0. The summed E-state index contributed by atoms with van der Waals surface area (Å²) in [6.07, 6.45) is 2.13. The highest BCUT2D eigenvalue weighted by atomic mass is 35.5. The van der Waals surface area contributed by atoms with Crippen LogP contribution in [0.5, 0.6) is 0 Å². The molecule has 1 aromatic carbocycles. The Bertz CT molecular complexity index is 659. The Hall–Kier alpha value is -0.950. The molecule has 2 aliphatic heterocycles. The second-order valence-corrected chi connectivity index (χ2v) is 8.23. The van der Waals surface area contributed by atoms with Crippen molar-refractivity contribution in [2.45, 2.75) is 42.4 Å². The number of hydrogen-bond acceptors (Lipinski definition) is 4. The fraction of sp³-hybridized carbons (Fsp3) is 0.529. The van der Waals surface area contributed by atoms with Gasteiger partial charge in [-0.25, -0.2) is 0 Å². The van der Waals surface area contributed by atoms with E-state index in [0.29, 0.717) is 23.2 Å². The van der Waals surface area contributed by atoms with Crippen molar-refractivity contribution in [2.75, 3.05) is 18.4 Å². The van der Waals surface area contributed by atoms with Crippen LogP contribution in [0.25, 0.3) is 0 Å². The number of piperidine rings is 1. The first-order valence-electron chi connectivity index (χ1n) is 8.24. The smallest absolute Gasteiger partial charge is 0.238 e. The molecule has 1 fully saturated rings. The highest BCUT2D eigenvalue weighted by Gasteiger charge is 2.34. The average molecular weight is 404 g/mol. The number of thioether (sulfide) groups is 1. The zero-order valence-corrected chi connectivity index (χ0v) is 16.4. The molecule has 0 aliphatic carbocycles. The van der Waals surface area contributed by atoms with Crippen LogP contribution in [0.2, 0.25) is 5.02 Å². The second kappa shape index (κ2) is 8.62. The van der Waals surface area contributed by atoms with Crippen molar-refractivity contribution in [1.82, 2.24) is 4.90 Å². The lowest BCUT2D eigenvalue weighted by molar-refractivity contribution is -0.136. The monoisotopic (exact) mass is 403 g/mol. The van der Waals surface area contributed by atoms with Gasteiger partial charge in [-0.3, -0.25) is 9.59 Å². The maximum atomic E-state index is 12.7. The molecule has 1 saturated heterocycles. The third kappa shape index (κ3) is 4.61. The van der Waals surface area contributed by atoms with Gasteiger partial charge in [0.1, 0.15) is 0 Å². The van der Waals surface area contributed by atoms with Crippen LogP contribution in [0, 0.1) is 5.92 Å². The van der Waals surface area contributed by atoms with Crippen LogP contribution in [-0.4, -0.2) is 41.1 Å². The van der Waals surface area contributed by atoms with E-state index in [-0.39, 0.29) is 36.7 Å². The standard InChI is InChI=1S/C17H22ClN3O2S.ClH/c1-10-4-5-21(12(6-10)9-19)16(22)8-15-17(23)20-13-7-11(18)2-3-14(13)24-15;/h2-3,7,10,12,15H,4-6,8-9,19H2,1H3,(H,20,23);1H. The number of carbonyl (C=O) groups excluding carboxylic acids is 2. The molecule has 5 nitrogen and oxygen atoms in total. The molecule has 1 aromatic rings. The number of amides is 2. The van der Waals surface area contributed by atoms with Crippen molar-refractivity contribution in [2.24, 2.45) is 11.7 Å². The molecule has 25 heavy (non-hydrogen) atoms. The van der Waals surface area contributed by atoms with Gasteiger partial charge in [-0.2, -0.15) is 0 Å². The minimum Gasteiger partial charge on any atom is -0.338 e. The van der Waals surface area contributed by atoms with Gasteiger partial charge in [-0.15, -0.1) is 24.2 Å². The Kier molecular flexibility index (Phi) is 7.02. The number of anilines is 1. The van der Waals surface area contributed by atoms with E-state index in [1.165, 1.54) is 11.8 Å². The Balaban J connectivity index is 0.00000225. The summed E-state index contributed by atoms with van der Waals surface area (Å²) in [6, 6.07) is 5.49. The van der Waals surface area contributed by atoms with E-state index in [0.717, 1.165) is 24.3 Å². The molecule has 3 unspecified atom stereocenters. The van der Waals surface area contributed by atoms with Crippen molar-refractivity contribution in [3.8, 4) is 0 Å². The molecule has 0 spiro atoms. The van der Waals surface area contributed by atoms with Crippen LogP contribution in [-0.2, 0) is 9.59 Å². The summed E-state index contributed by atoms with van der Waals surface area (Å²) >= 11 is 7.38. The Morgan fingerprint density at radius 1 is 1.48 bits per heavy atom. The molecule has 8 heteroatoms. The molecule has 2 aliphatic rings. The lowest BCUT2D eigenvalue weighted by Crippen LogP contribution is -2.50. The van der Waals surface area contributed by atoms with Gasteiger partial charge in [0, 0.05) is 35.5 Å². The van der Waals surface area contributed by atoms with E-state index in [9.17, 15) is 9.59 Å². The molecular weight excluding hydrogens is 381 g/mol. The fourth-order valence-corrected chi connectivity index (χ4v) is 4.59. The molecule has 3 rings (SSSR count). The number of nitrogens with zero attached hydrogens (tertiary/aromatic N) is 1. The molecule has 138 valence electrons. The predicted molar refractivity (Wildman–Crippen MR) is 105 cm³/mol. The third-order valence-corrected chi connectivity index (χ3v) is 6.20. The van der Waals surface area contributed by atoms with Gasteiger partial charge >= 0.3 is 0 Å². The van der Waals surface area contributed by atoms with Gasteiger partial charge in [0.15, 0.2) is 0 Å². The number of rotatable bonds is 3. The van der Waals surface area contributed by atoms with Gasteiger partial charge in [0.25, 0.3) is 0 Å². The number of hydrogen-bond donors (Lipinski definition) is 2. The predicted octanol–water partition coefficient (Wildman–Crippen LogP) is 3.15. The SMILES string of the molecule is CC1CCN(C(=O)CC2Sc3ccc(Cl)cc3NC2=O)C(CN)C1.Cl. The van der Waals surface area contributed by atoms with Gasteiger partial charge < -0.3 is 16.0 Å². The van der Waals surface area contributed by atoms with Crippen LogP contribution in [0.1, 0.15) is 26.2 Å². The van der Waals surface area contributed by atoms with Gasteiger partial charge in [0.05, 0.1) is 10.9 Å². The van der Waals surface area contributed by atoms with Crippen LogP contribution >= 0.6 is 35.8 Å². The average Bonchev–Trinajstić information content (AvgIpc) is 2.55. The van der Waals surface area contributed by atoms with Gasteiger partial charge in [-0.1, -0.05) is 18.5 Å². The van der Waals surface area contributed by atoms with Crippen molar-refractivity contribution in [3.05, 3.63) is 23.2 Å². The number of nitrogens with two attached hydrogens (primary N) is 1. The number of fused-ring (bicyclic) bond motifs is 1. The lowest BCUT2D eigenvalue weighted by atomic mass is 9.92. The maximum Gasteiger partial charge on any atom is 0.238 e. The largest absolute Gasteiger partial charge is 0.338 e. The summed E-state index contributed by atoms with van der Waals surface area (Å²) in [5.41, 5.74) is 6.56. The zero-order chi connectivity index (χ0) is 17.3. The molecule has 3 atom stereocenters. The van der Waals surface area contributed by atoms with Crippen molar-refractivity contribution in [1.29, 1.82) is 0 Å². The van der Waals surface area contributed by atoms with Gasteiger partial charge in [0.2, 0.25) is 11.8 Å². The lowest BCUT2D eigenvalue weighted by Gasteiger charge is -2.38. The first kappa shape index (κ1) is 20.4. The van der Waals surface area contributed by atoms with E-state index in [2.05, 4.69) is 12.2 Å². The van der Waals surface area contributed by atoms with E-state index >= 15 is 0 Å². The van der Waals surface area contributed by atoms with Crippen LogP contribution in [0.4, 0.5) is 5.69 Å². The van der Waals surface area contributed by atoms with Crippen LogP contribution in [0.15, 0.2) is 23.1 Å². The molecule has 2 amide bonds. The number of carbonyl (C=O) groups is 2. The summed E-state index contributed by atoms with van der Waals surface area (Å²) in [5, 5.41) is 3.02. The highest BCUT2D eigenvalue weighted by molar-refractivity contribution is 8.01. The van der Waals surface area contributed by atoms with E-state index in [4.69, 9.17) is 17.3 Å². The minimum absolute atomic E-state index is 0. The maximum absolute atomic E-state index is 12.7. The number of halogens is 2. The van der Waals surface area contributed by atoms with E-state index in [1.807, 2.05) is 11.0 Å². The topological polar surface area (TPSA) is 75.4 Å². The first-order valence-corrected chi connectivity index (χ1v) is 9.50. The summed E-state index contributed by atoms with van der Waals surface area (Å²) in [6.45, 7) is 3.39. The summed E-state index contributed by atoms with van der Waals surface area (Å²) in [4.78, 5) is 27.8. The van der Waals surface area contributed by atoms with E-state index < -0.39 is 5.25 Å². The highest BCUT2D eigenvalue weighted by Crippen LogP contribution is 2.38. The molecule has 0 aromatic heterocycles. The second-order valence-electron chi connectivity index (χ2n) is 6.55. The first-order chi connectivity index (χ1) is 11.5. The Morgan fingerprint density at radius 3 is 2.96 bits per heavy atom. The summed E-state index contributed by atoms with van der Waals surface area (Å²) in [7, 11) is 0. The molecular formula is C17H23Cl2N3O2S. The van der Waals surface area contributed by atoms with Crippen molar-refractivity contribution in [3.63, 3.8) is 0 Å². The quantitative estimate of drug-likeness (QED) is 0.812. The van der Waals surface area contributed by atoms with Crippen molar-refractivity contribution < 1.29 is 9.59 Å². The molecule has 0 saturated carbocycles. The molecule has 0 radical (unpaired) electrons. The summed E-state index contributed by atoms with van der Waals surface area (Å²) < 4.78 is 0. The molecule has 2 heterocycles. The third-order valence-electron chi connectivity index (χ3n) is 4.69. The fourth-order valence-electron chi connectivity index (χ4n) is 3.34. The van der Waals surface area contributed by atoms with E-state index in [1.54, 1.807) is 12.1 Å². The minimum atomic E-state index is -0.413. The van der Waals surface area contributed by atoms with Crippen LogP contribution < -0.4 is 11.1 Å². The van der Waals surface area contributed by atoms with Crippen LogP contribution in [0.3, 0.4) is 0 Å². The molecule has 0 bridgehead atoms.